The van der Waals surface area contributed by atoms with Crippen molar-refractivity contribution >= 4 is 5.96 Å². The molecule has 0 radical (unpaired) electrons. The molecule has 4 nitrogen and oxygen atoms in total. The van der Waals surface area contributed by atoms with E-state index in [4.69, 9.17) is 0 Å². The van der Waals surface area contributed by atoms with E-state index in [-0.39, 0.29) is 0 Å². The quantitative estimate of drug-likeness (QED) is 0.596. The Morgan fingerprint density at radius 1 is 1.39 bits per heavy atom. The highest BCUT2D eigenvalue weighted by Crippen LogP contribution is 1.95. The van der Waals surface area contributed by atoms with Crippen molar-refractivity contribution in [3.8, 4) is 0 Å². The topological polar surface area (TPSA) is 49.3 Å². The molecule has 0 saturated heterocycles. The first-order chi connectivity index (χ1) is 8.72. The standard InChI is InChI=1S/C14H24N4/c1-4-16-14(18-10-12(2)3)17-9-7-13-6-5-8-15-11-13/h5-6,8,11-12H,4,7,9-10H2,1-3H3,(H2,16,17,18). The Kier molecular flexibility index (Phi) is 6.84. The van der Waals surface area contributed by atoms with Gasteiger partial charge in [0.05, 0.1) is 0 Å². The lowest BCUT2D eigenvalue weighted by atomic mass is 10.2. The maximum absolute atomic E-state index is 4.52. The van der Waals surface area contributed by atoms with Crippen LogP contribution in [-0.4, -0.2) is 30.6 Å². The number of aromatic nitrogens is 1. The molecule has 2 N–H and O–H groups in total. The van der Waals surface area contributed by atoms with Gasteiger partial charge in [0.2, 0.25) is 0 Å². The van der Waals surface area contributed by atoms with Crippen molar-refractivity contribution in [1.29, 1.82) is 0 Å². The van der Waals surface area contributed by atoms with E-state index >= 15 is 0 Å². The second-order valence-corrected chi connectivity index (χ2v) is 4.65. The van der Waals surface area contributed by atoms with E-state index in [0.717, 1.165) is 32.0 Å². The SMILES string of the molecule is CCNC(=NCC(C)C)NCCc1cccnc1. The zero-order valence-electron chi connectivity index (χ0n) is 11.6. The second kappa shape index (κ2) is 8.50. The van der Waals surface area contributed by atoms with Crippen molar-refractivity contribution in [3.05, 3.63) is 30.1 Å². The van der Waals surface area contributed by atoms with Gasteiger partial charge in [-0.25, -0.2) is 0 Å². The highest BCUT2D eigenvalue weighted by Gasteiger charge is 1.98. The Balaban J connectivity index is 2.35. The van der Waals surface area contributed by atoms with E-state index in [1.807, 2.05) is 12.3 Å². The number of guanidine groups is 1. The van der Waals surface area contributed by atoms with Crippen molar-refractivity contribution in [3.63, 3.8) is 0 Å². The summed E-state index contributed by atoms with van der Waals surface area (Å²) in [5.41, 5.74) is 1.24. The van der Waals surface area contributed by atoms with Gasteiger partial charge in [-0.2, -0.15) is 0 Å². The van der Waals surface area contributed by atoms with E-state index in [0.29, 0.717) is 5.92 Å². The number of hydrogen-bond acceptors (Lipinski definition) is 2. The van der Waals surface area contributed by atoms with E-state index in [2.05, 4.69) is 47.4 Å². The van der Waals surface area contributed by atoms with Gasteiger partial charge in [-0.05, 0) is 30.9 Å². The monoisotopic (exact) mass is 248 g/mol. The molecule has 1 heterocycles. The molecule has 0 aliphatic carbocycles. The van der Waals surface area contributed by atoms with Crippen LogP contribution in [0.25, 0.3) is 0 Å². The molecule has 0 amide bonds. The molecule has 1 aromatic rings. The molecule has 0 unspecified atom stereocenters. The number of nitrogens with zero attached hydrogens (tertiary/aromatic N) is 2. The van der Waals surface area contributed by atoms with Crippen molar-refractivity contribution in [2.45, 2.75) is 27.2 Å². The molecule has 100 valence electrons. The lowest BCUT2D eigenvalue weighted by Crippen LogP contribution is -2.38. The van der Waals surface area contributed by atoms with Crippen molar-refractivity contribution < 1.29 is 0 Å². The predicted octanol–water partition coefficient (Wildman–Crippen LogP) is 1.84. The maximum atomic E-state index is 4.52. The van der Waals surface area contributed by atoms with Crippen molar-refractivity contribution in [2.24, 2.45) is 10.9 Å². The first-order valence-corrected chi connectivity index (χ1v) is 6.63. The van der Waals surface area contributed by atoms with Crippen LogP contribution < -0.4 is 10.6 Å². The maximum Gasteiger partial charge on any atom is 0.191 e. The van der Waals surface area contributed by atoms with Crippen molar-refractivity contribution in [1.82, 2.24) is 15.6 Å². The molecule has 0 aliphatic heterocycles. The fourth-order valence-corrected chi connectivity index (χ4v) is 1.49. The van der Waals surface area contributed by atoms with Gasteiger partial charge in [0.15, 0.2) is 5.96 Å². The first kappa shape index (κ1) is 14.5. The first-order valence-electron chi connectivity index (χ1n) is 6.63. The van der Waals surface area contributed by atoms with Crippen LogP contribution in [0.2, 0.25) is 0 Å². The molecule has 4 heteroatoms. The van der Waals surface area contributed by atoms with Crippen LogP contribution in [0.15, 0.2) is 29.5 Å². The summed E-state index contributed by atoms with van der Waals surface area (Å²) in [6.07, 6.45) is 4.66. The van der Waals surface area contributed by atoms with Crippen LogP contribution in [0, 0.1) is 5.92 Å². The zero-order valence-corrected chi connectivity index (χ0v) is 11.6. The number of rotatable bonds is 6. The number of nitrogens with one attached hydrogen (secondary N) is 2. The molecule has 18 heavy (non-hydrogen) atoms. The Hall–Kier alpha value is -1.58. The Morgan fingerprint density at radius 3 is 2.83 bits per heavy atom. The lowest BCUT2D eigenvalue weighted by Gasteiger charge is -2.11. The van der Waals surface area contributed by atoms with Crippen LogP contribution in [0.3, 0.4) is 0 Å². The van der Waals surface area contributed by atoms with Gasteiger partial charge in [-0.1, -0.05) is 19.9 Å². The average Bonchev–Trinajstić information content (AvgIpc) is 2.37. The van der Waals surface area contributed by atoms with Crippen molar-refractivity contribution in [2.75, 3.05) is 19.6 Å². The van der Waals surface area contributed by atoms with Gasteiger partial charge in [-0.15, -0.1) is 0 Å². The molecule has 0 atom stereocenters. The molecule has 0 aromatic carbocycles. The number of pyridine rings is 1. The summed E-state index contributed by atoms with van der Waals surface area (Å²) in [4.78, 5) is 8.63. The highest BCUT2D eigenvalue weighted by molar-refractivity contribution is 5.79. The summed E-state index contributed by atoms with van der Waals surface area (Å²) in [6.45, 7) is 9.02. The predicted molar refractivity (Wildman–Crippen MR) is 76.8 cm³/mol. The van der Waals surface area contributed by atoms with Gasteiger partial charge in [-0.3, -0.25) is 9.98 Å². The van der Waals surface area contributed by atoms with Gasteiger partial charge in [0, 0.05) is 32.0 Å². The van der Waals surface area contributed by atoms with E-state index in [1.165, 1.54) is 5.56 Å². The third-order valence-electron chi connectivity index (χ3n) is 2.39. The fourth-order valence-electron chi connectivity index (χ4n) is 1.49. The summed E-state index contributed by atoms with van der Waals surface area (Å²) in [5.74, 6) is 1.48. The minimum Gasteiger partial charge on any atom is -0.357 e. The molecular formula is C14H24N4. The van der Waals surface area contributed by atoms with Gasteiger partial charge < -0.3 is 10.6 Å². The second-order valence-electron chi connectivity index (χ2n) is 4.65. The molecular weight excluding hydrogens is 224 g/mol. The summed E-state index contributed by atoms with van der Waals surface area (Å²) < 4.78 is 0. The third-order valence-corrected chi connectivity index (χ3v) is 2.39. The minimum absolute atomic E-state index is 0.582. The van der Waals surface area contributed by atoms with E-state index in [1.54, 1.807) is 6.20 Å². The van der Waals surface area contributed by atoms with Crippen LogP contribution >= 0.6 is 0 Å². The summed E-state index contributed by atoms with van der Waals surface area (Å²) in [7, 11) is 0. The summed E-state index contributed by atoms with van der Waals surface area (Å²) >= 11 is 0. The zero-order chi connectivity index (χ0) is 13.2. The molecule has 0 spiro atoms. The molecule has 1 aromatic heterocycles. The van der Waals surface area contributed by atoms with Crippen LogP contribution in [0.1, 0.15) is 26.3 Å². The van der Waals surface area contributed by atoms with E-state index in [9.17, 15) is 0 Å². The molecule has 0 bridgehead atoms. The van der Waals surface area contributed by atoms with Crippen LogP contribution in [-0.2, 0) is 6.42 Å². The number of hydrogen-bond donors (Lipinski definition) is 2. The number of aliphatic imine (C=N–C) groups is 1. The molecule has 0 saturated carbocycles. The Labute approximate surface area is 110 Å². The average molecular weight is 248 g/mol. The van der Waals surface area contributed by atoms with Crippen LogP contribution in [0.5, 0.6) is 0 Å². The van der Waals surface area contributed by atoms with E-state index < -0.39 is 0 Å². The van der Waals surface area contributed by atoms with Gasteiger partial charge in [0.25, 0.3) is 0 Å². The lowest BCUT2D eigenvalue weighted by molar-refractivity contribution is 0.656. The molecule has 0 fully saturated rings. The molecule has 1 rings (SSSR count). The summed E-state index contributed by atoms with van der Waals surface area (Å²) in [5, 5.41) is 6.58. The Morgan fingerprint density at radius 2 is 2.22 bits per heavy atom. The smallest absolute Gasteiger partial charge is 0.191 e. The minimum atomic E-state index is 0.582. The Bertz CT molecular complexity index is 346. The highest BCUT2D eigenvalue weighted by atomic mass is 15.2. The summed E-state index contributed by atoms with van der Waals surface area (Å²) in [6, 6.07) is 4.06. The molecule has 0 aliphatic rings. The third kappa shape index (κ3) is 6.23. The van der Waals surface area contributed by atoms with Gasteiger partial charge >= 0.3 is 0 Å². The largest absolute Gasteiger partial charge is 0.357 e. The van der Waals surface area contributed by atoms with Crippen LogP contribution in [0.4, 0.5) is 0 Å². The van der Waals surface area contributed by atoms with Gasteiger partial charge in [0.1, 0.15) is 0 Å². The fraction of sp³-hybridized carbons (Fsp3) is 0.571. The normalized spacial score (nSPS) is 11.7.